The molecule has 4 heterocycles. The van der Waals surface area contributed by atoms with Gasteiger partial charge in [0.25, 0.3) is 0 Å². The Morgan fingerprint density at radius 3 is 2.57 bits per heavy atom. The Morgan fingerprint density at radius 1 is 1.10 bits per heavy atom. The molecular formula is C22H32N6OS. The highest BCUT2D eigenvalue weighted by atomic mass is 32.1. The van der Waals surface area contributed by atoms with E-state index in [0.717, 1.165) is 50.6 Å². The number of carbonyl (C=O) groups excluding carboxylic acids is 1. The van der Waals surface area contributed by atoms with Gasteiger partial charge in [-0.05, 0) is 56.1 Å². The summed E-state index contributed by atoms with van der Waals surface area (Å²) in [7, 11) is 2.15. The Hall–Kier alpha value is -2.16. The highest BCUT2D eigenvalue weighted by Gasteiger charge is 2.24. The summed E-state index contributed by atoms with van der Waals surface area (Å²) < 4.78 is 0. The molecule has 2 saturated heterocycles. The molecule has 2 aromatic heterocycles. The van der Waals surface area contributed by atoms with Crippen molar-refractivity contribution in [2.75, 3.05) is 57.8 Å². The van der Waals surface area contributed by atoms with Crippen molar-refractivity contribution in [3.05, 3.63) is 46.3 Å². The molecule has 0 bridgehead atoms. The number of thiophene rings is 1. The zero-order valence-electron chi connectivity index (χ0n) is 17.7. The summed E-state index contributed by atoms with van der Waals surface area (Å²) in [4.78, 5) is 25.4. The predicted molar refractivity (Wildman–Crippen MR) is 122 cm³/mol. The van der Waals surface area contributed by atoms with E-state index in [2.05, 4.69) is 67.0 Å². The van der Waals surface area contributed by atoms with Gasteiger partial charge in [0.05, 0.1) is 6.04 Å². The molecule has 2 aliphatic heterocycles. The maximum Gasteiger partial charge on any atom is 0.315 e. The summed E-state index contributed by atoms with van der Waals surface area (Å²) in [6, 6.07) is 8.50. The number of amides is 2. The van der Waals surface area contributed by atoms with Gasteiger partial charge in [0.2, 0.25) is 0 Å². The van der Waals surface area contributed by atoms with Gasteiger partial charge in [0.1, 0.15) is 5.82 Å². The van der Waals surface area contributed by atoms with Crippen LogP contribution in [0.4, 0.5) is 10.6 Å². The van der Waals surface area contributed by atoms with Crippen molar-refractivity contribution in [1.29, 1.82) is 0 Å². The van der Waals surface area contributed by atoms with E-state index < -0.39 is 0 Å². The lowest BCUT2D eigenvalue weighted by Crippen LogP contribution is -2.44. The molecule has 2 N–H and O–H groups in total. The van der Waals surface area contributed by atoms with Crippen molar-refractivity contribution in [3.8, 4) is 0 Å². The molecule has 0 aromatic carbocycles. The first-order valence-electron chi connectivity index (χ1n) is 10.9. The van der Waals surface area contributed by atoms with Crippen LogP contribution in [0.2, 0.25) is 0 Å². The molecule has 2 aromatic rings. The standard InChI is InChI=1S/C22H32N6OS/c1-26-10-12-28(13-11-26)21-7-6-18(15-23-21)16-24-22(29)25-17-19(20-5-4-14-30-20)27-8-2-3-9-27/h4-7,14-15,19H,2-3,8-13,16-17H2,1H3,(H2,24,25,29). The fraction of sp³-hybridized carbons (Fsp3) is 0.545. The van der Waals surface area contributed by atoms with Gasteiger partial charge in [-0.15, -0.1) is 11.3 Å². The van der Waals surface area contributed by atoms with E-state index in [-0.39, 0.29) is 12.1 Å². The van der Waals surface area contributed by atoms with E-state index >= 15 is 0 Å². The molecule has 30 heavy (non-hydrogen) atoms. The third-order valence-corrected chi connectivity index (χ3v) is 6.97. The van der Waals surface area contributed by atoms with Crippen LogP contribution in [0.1, 0.15) is 29.3 Å². The van der Waals surface area contributed by atoms with Gasteiger partial charge in [-0.3, -0.25) is 4.90 Å². The number of anilines is 1. The van der Waals surface area contributed by atoms with Gasteiger partial charge in [0, 0.05) is 50.3 Å². The molecular weight excluding hydrogens is 396 g/mol. The lowest BCUT2D eigenvalue weighted by Gasteiger charge is -2.33. The van der Waals surface area contributed by atoms with Gasteiger partial charge >= 0.3 is 6.03 Å². The van der Waals surface area contributed by atoms with Gasteiger partial charge in [-0.2, -0.15) is 0 Å². The second-order valence-corrected chi connectivity index (χ2v) is 9.13. The highest BCUT2D eigenvalue weighted by Crippen LogP contribution is 2.27. The van der Waals surface area contributed by atoms with Crippen molar-refractivity contribution >= 4 is 23.2 Å². The van der Waals surface area contributed by atoms with E-state index in [0.29, 0.717) is 13.1 Å². The van der Waals surface area contributed by atoms with Crippen LogP contribution in [-0.2, 0) is 6.54 Å². The summed E-state index contributed by atoms with van der Waals surface area (Å²) in [5.74, 6) is 1.01. The molecule has 0 spiro atoms. The monoisotopic (exact) mass is 428 g/mol. The number of likely N-dealkylation sites (tertiary alicyclic amines) is 1. The van der Waals surface area contributed by atoms with Crippen LogP contribution in [0.3, 0.4) is 0 Å². The Bertz CT molecular complexity index is 782. The molecule has 7 nitrogen and oxygen atoms in total. The van der Waals surface area contributed by atoms with Crippen molar-refractivity contribution in [2.45, 2.75) is 25.4 Å². The van der Waals surface area contributed by atoms with Crippen molar-refractivity contribution in [3.63, 3.8) is 0 Å². The number of likely N-dealkylation sites (N-methyl/N-ethyl adjacent to an activating group) is 1. The predicted octanol–water partition coefficient (Wildman–Crippen LogP) is 2.53. The molecule has 8 heteroatoms. The third kappa shape index (κ3) is 5.50. The minimum Gasteiger partial charge on any atom is -0.354 e. The first-order valence-corrected chi connectivity index (χ1v) is 11.7. The van der Waals surface area contributed by atoms with E-state index in [4.69, 9.17) is 0 Å². The van der Waals surface area contributed by atoms with Crippen LogP contribution >= 0.6 is 11.3 Å². The number of hydrogen-bond donors (Lipinski definition) is 2. The fourth-order valence-electron chi connectivity index (χ4n) is 4.12. The van der Waals surface area contributed by atoms with Crippen LogP contribution in [-0.4, -0.2) is 73.7 Å². The fourth-order valence-corrected chi connectivity index (χ4v) is 4.98. The Morgan fingerprint density at radius 2 is 1.90 bits per heavy atom. The second-order valence-electron chi connectivity index (χ2n) is 8.15. The van der Waals surface area contributed by atoms with Gasteiger partial charge in [-0.1, -0.05) is 12.1 Å². The summed E-state index contributed by atoms with van der Waals surface area (Å²) >= 11 is 1.76. The van der Waals surface area contributed by atoms with Crippen LogP contribution in [0.25, 0.3) is 0 Å². The first-order chi connectivity index (χ1) is 14.7. The number of pyridine rings is 1. The smallest absolute Gasteiger partial charge is 0.315 e. The minimum atomic E-state index is -0.126. The number of urea groups is 1. The van der Waals surface area contributed by atoms with Gasteiger partial charge < -0.3 is 20.4 Å². The number of hydrogen-bond acceptors (Lipinski definition) is 6. The van der Waals surface area contributed by atoms with E-state index in [1.165, 1.54) is 17.7 Å². The average Bonchev–Trinajstić information content (AvgIpc) is 3.49. The number of carbonyl (C=O) groups is 1. The Kier molecular flexibility index (Phi) is 7.20. The normalized spacial score (nSPS) is 19.0. The van der Waals surface area contributed by atoms with E-state index in [1.54, 1.807) is 11.3 Å². The quantitative estimate of drug-likeness (QED) is 0.710. The minimum absolute atomic E-state index is 0.126. The molecule has 0 aliphatic carbocycles. The van der Waals surface area contributed by atoms with Crippen molar-refractivity contribution < 1.29 is 4.79 Å². The lowest BCUT2D eigenvalue weighted by molar-refractivity contribution is 0.222. The Labute approximate surface area is 183 Å². The zero-order chi connectivity index (χ0) is 20.8. The first kappa shape index (κ1) is 21.1. The lowest BCUT2D eigenvalue weighted by atomic mass is 10.2. The molecule has 2 amide bonds. The van der Waals surface area contributed by atoms with E-state index in [1.807, 2.05) is 6.20 Å². The topological polar surface area (TPSA) is 63.7 Å². The number of nitrogens with zero attached hydrogens (tertiary/aromatic N) is 4. The summed E-state index contributed by atoms with van der Waals surface area (Å²) in [5.41, 5.74) is 1.01. The summed E-state index contributed by atoms with van der Waals surface area (Å²) in [6.07, 6.45) is 4.35. The summed E-state index contributed by atoms with van der Waals surface area (Å²) in [5, 5.41) is 8.15. The van der Waals surface area contributed by atoms with E-state index in [9.17, 15) is 4.79 Å². The number of nitrogens with one attached hydrogen (secondary N) is 2. The van der Waals surface area contributed by atoms with Crippen LogP contribution < -0.4 is 15.5 Å². The number of rotatable bonds is 7. The highest BCUT2D eigenvalue weighted by molar-refractivity contribution is 7.10. The van der Waals surface area contributed by atoms with Gasteiger partial charge in [-0.25, -0.2) is 9.78 Å². The maximum atomic E-state index is 12.4. The molecule has 0 saturated carbocycles. The molecule has 0 radical (unpaired) electrons. The SMILES string of the molecule is CN1CCN(c2ccc(CNC(=O)NCC(c3cccs3)N3CCCC3)cn2)CC1. The summed E-state index contributed by atoms with van der Waals surface area (Å²) in [6.45, 7) is 7.47. The van der Waals surface area contributed by atoms with Gasteiger partial charge in [0.15, 0.2) is 0 Å². The number of piperazine rings is 1. The number of aromatic nitrogens is 1. The molecule has 1 unspecified atom stereocenters. The van der Waals surface area contributed by atoms with Crippen molar-refractivity contribution in [1.82, 2.24) is 25.4 Å². The van der Waals surface area contributed by atoms with Crippen molar-refractivity contribution in [2.24, 2.45) is 0 Å². The van der Waals surface area contributed by atoms with Crippen LogP contribution in [0.5, 0.6) is 0 Å². The molecule has 1 atom stereocenters. The Balaban J connectivity index is 1.24. The molecule has 4 rings (SSSR count). The second kappa shape index (κ2) is 10.2. The zero-order valence-corrected chi connectivity index (χ0v) is 18.5. The van der Waals surface area contributed by atoms with Crippen LogP contribution in [0.15, 0.2) is 35.8 Å². The molecule has 162 valence electrons. The molecule has 2 fully saturated rings. The largest absolute Gasteiger partial charge is 0.354 e. The maximum absolute atomic E-state index is 12.4. The molecule has 2 aliphatic rings. The van der Waals surface area contributed by atoms with Crippen LogP contribution in [0, 0.1) is 0 Å². The average molecular weight is 429 g/mol. The third-order valence-electron chi connectivity index (χ3n) is 6.00.